The molecule has 1 aromatic heterocycles. The molecule has 1 heterocycles. The second-order valence-electron chi connectivity index (χ2n) is 3.36. The van der Waals surface area contributed by atoms with Gasteiger partial charge in [-0.3, -0.25) is 4.90 Å². The van der Waals surface area contributed by atoms with Crippen molar-refractivity contribution in [2.24, 2.45) is 0 Å². The fraction of sp³-hybridized carbons (Fsp3) is 0.500. The lowest BCUT2D eigenvalue weighted by Crippen LogP contribution is -2.26. The Bertz CT molecular complexity index is 290. The molecule has 0 spiro atoms. The largest absolute Gasteiger partial charge is 0.395 e. The molecule has 0 amide bonds. The van der Waals surface area contributed by atoms with E-state index in [0.717, 1.165) is 5.56 Å². The van der Waals surface area contributed by atoms with E-state index < -0.39 is 0 Å². The SMILES string of the molecule is CC(c1cccnc1N)N(C)CCO. The molecule has 3 N–H and O–H groups in total. The summed E-state index contributed by atoms with van der Waals surface area (Å²) < 4.78 is 0. The van der Waals surface area contributed by atoms with Crippen LogP contribution in [0, 0.1) is 0 Å². The highest BCUT2D eigenvalue weighted by molar-refractivity contribution is 5.40. The molecule has 0 aliphatic carbocycles. The van der Waals surface area contributed by atoms with Gasteiger partial charge in [0.05, 0.1) is 6.61 Å². The van der Waals surface area contributed by atoms with Gasteiger partial charge >= 0.3 is 0 Å². The molecule has 4 heteroatoms. The average Bonchev–Trinajstić information content (AvgIpc) is 2.18. The lowest BCUT2D eigenvalue weighted by atomic mass is 10.1. The van der Waals surface area contributed by atoms with Crippen LogP contribution in [0.1, 0.15) is 18.5 Å². The van der Waals surface area contributed by atoms with Crippen molar-refractivity contribution in [1.29, 1.82) is 0 Å². The first kappa shape index (κ1) is 10.9. The Morgan fingerprint density at radius 2 is 2.36 bits per heavy atom. The van der Waals surface area contributed by atoms with Crippen LogP contribution in [0.25, 0.3) is 0 Å². The maximum atomic E-state index is 8.81. The van der Waals surface area contributed by atoms with E-state index in [-0.39, 0.29) is 12.6 Å². The first-order chi connectivity index (χ1) is 6.66. The Balaban J connectivity index is 2.78. The highest BCUT2D eigenvalue weighted by atomic mass is 16.3. The van der Waals surface area contributed by atoms with E-state index in [4.69, 9.17) is 10.8 Å². The zero-order valence-corrected chi connectivity index (χ0v) is 8.64. The van der Waals surface area contributed by atoms with Crippen molar-refractivity contribution in [3.8, 4) is 0 Å². The smallest absolute Gasteiger partial charge is 0.128 e. The predicted molar refractivity (Wildman–Crippen MR) is 56.8 cm³/mol. The molecule has 1 unspecified atom stereocenters. The van der Waals surface area contributed by atoms with Crippen molar-refractivity contribution in [3.63, 3.8) is 0 Å². The van der Waals surface area contributed by atoms with Gasteiger partial charge in [-0.15, -0.1) is 0 Å². The lowest BCUT2D eigenvalue weighted by Gasteiger charge is -2.24. The number of pyridine rings is 1. The number of nitrogens with two attached hydrogens (primary N) is 1. The summed E-state index contributed by atoms with van der Waals surface area (Å²) in [6.07, 6.45) is 1.68. The number of aromatic nitrogens is 1. The van der Waals surface area contributed by atoms with Crippen molar-refractivity contribution >= 4 is 5.82 Å². The van der Waals surface area contributed by atoms with E-state index in [1.165, 1.54) is 0 Å². The molecular weight excluding hydrogens is 178 g/mol. The zero-order chi connectivity index (χ0) is 10.6. The van der Waals surface area contributed by atoms with Gasteiger partial charge in [0.25, 0.3) is 0 Å². The molecule has 78 valence electrons. The third-order valence-electron chi connectivity index (χ3n) is 2.44. The minimum Gasteiger partial charge on any atom is -0.395 e. The molecule has 0 aromatic carbocycles. The van der Waals surface area contributed by atoms with E-state index in [1.54, 1.807) is 6.20 Å². The summed E-state index contributed by atoms with van der Waals surface area (Å²) in [5.74, 6) is 0.560. The number of hydrogen-bond donors (Lipinski definition) is 2. The van der Waals surface area contributed by atoms with Crippen LogP contribution in [0.3, 0.4) is 0 Å². The Morgan fingerprint density at radius 1 is 1.64 bits per heavy atom. The lowest BCUT2D eigenvalue weighted by molar-refractivity contribution is 0.189. The highest BCUT2D eigenvalue weighted by Crippen LogP contribution is 2.21. The number of nitrogen functional groups attached to an aromatic ring is 1. The number of anilines is 1. The fourth-order valence-corrected chi connectivity index (χ4v) is 1.37. The van der Waals surface area contributed by atoms with Gasteiger partial charge in [-0.1, -0.05) is 6.07 Å². The van der Waals surface area contributed by atoms with Gasteiger partial charge in [0.15, 0.2) is 0 Å². The quantitative estimate of drug-likeness (QED) is 0.740. The van der Waals surface area contributed by atoms with Crippen LogP contribution >= 0.6 is 0 Å². The van der Waals surface area contributed by atoms with Gasteiger partial charge in [-0.05, 0) is 20.0 Å². The van der Waals surface area contributed by atoms with Gasteiger partial charge in [0.1, 0.15) is 5.82 Å². The molecule has 0 bridgehead atoms. The van der Waals surface area contributed by atoms with Gasteiger partial charge in [-0.2, -0.15) is 0 Å². The molecule has 4 nitrogen and oxygen atoms in total. The molecule has 1 rings (SSSR count). The van der Waals surface area contributed by atoms with Gasteiger partial charge in [-0.25, -0.2) is 4.98 Å². The number of rotatable bonds is 4. The maximum absolute atomic E-state index is 8.81. The highest BCUT2D eigenvalue weighted by Gasteiger charge is 2.13. The van der Waals surface area contributed by atoms with Crippen LogP contribution in [0.5, 0.6) is 0 Å². The molecule has 0 aliphatic rings. The van der Waals surface area contributed by atoms with Crippen molar-refractivity contribution in [3.05, 3.63) is 23.9 Å². The minimum absolute atomic E-state index is 0.154. The van der Waals surface area contributed by atoms with Gasteiger partial charge in [0, 0.05) is 24.3 Å². The summed E-state index contributed by atoms with van der Waals surface area (Å²) in [6.45, 7) is 2.83. The number of likely N-dealkylation sites (N-methyl/N-ethyl adjacent to an activating group) is 1. The standard InChI is InChI=1S/C10H17N3O/c1-8(13(2)6-7-14)9-4-3-5-12-10(9)11/h3-5,8,14H,6-7H2,1-2H3,(H2,11,12). The van der Waals surface area contributed by atoms with Crippen LogP contribution in [0.2, 0.25) is 0 Å². The summed E-state index contributed by atoms with van der Waals surface area (Å²) in [5.41, 5.74) is 6.76. The van der Waals surface area contributed by atoms with Crippen LogP contribution in [-0.2, 0) is 0 Å². The fourth-order valence-electron chi connectivity index (χ4n) is 1.37. The van der Waals surface area contributed by atoms with Gasteiger partial charge in [0.2, 0.25) is 0 Å². The summed E-state index contributed by atoms with van der Waals surface area (Å²) in [5, 5.41) is 8.81. The first-order valence-electron chi connectivity index (χ1n) is 4.68. The maximum Gasteiger partial charge on any atom is 0.128 e. The zero-order valence-electron chi connectivity index (χ0n) is 8.64. The second kappa shape index (κ2) is 4.93. The molecule has 1 atom stereocenters. The number of nitrogens with zero attached hydrogens (tertiary/aromatic N) is 2. The Kier molecular flexibility index (Phi) is 3.85. The molecule has 14 heavy (non-hydrogen) atoms. The van der Waals surface area contributed by atoms with E-state index in [9.17, 15) is 0 Å². The Hall–Kier alpha value is -1.13. The first-order valence-corrected chi connectivity index (χ1v) is 4.68. The summed E-state index contributed by atoms with van der Waals surface area (Å²) in [4.78, 5) is 6.07. The molecule has 0 aliphatic heterocycles. The van der Waals surface area contributed by atoms with Gasteiger partial charge < -0.3 is 10.8 Å². The van der Waals surface area contributed by atoms with Crippen molar-refractivity contribution < 1.29 is 5.11 Å². The second-order valence-corrected chi connectivity index (χ2v) is 3.36. The molecule has 0 saturated carbocycles. The topological polar surface area (TPSA) is 62.4 Å². The van der Waals surface area contributed by atoms with Crippen LogP contribution in [-0.4, -0.2) is 35.2 Å². The number of hydrogen-bond acceptors (Lipinski definition) is 4. The van der Waals surface area contributed by atoms with Crippen molar-refractivity contribution in [1.82, 2.24) is 9.88 Å². The van der Waals surface area contributed by atoms with Crippen molar-refractivity contribution in [2.75, 3.05) is 25.9 Å². The number of aliphatic hydroxyl groups excluding tert-OH is 1. The molecule has 0 fully saturated rings. The van der Waals surface area contributed by atoms with E-state index in [0.29, 0.717) is 12.4 Å². The Morgan fingerprint density at radius 3 is 2.93 bits per heavy atom. The van der Waals surface area contributed by atoms with Crippen LogP contribution < -0.4 is 5.73 Å². The predicted octanol–water partition coefficient (Wildman–Crippen LogP) is 0.649. The normalized spacial score (nSPS) is 13.1. The molecule has 0 radical (unpaired) electrons. The third kappa shape index (κ3) is 2.43. The summed E-state index contributed by atoms with van der Waals surface area (Å²) in [7, 11) is 1.95. The third-order valence-corrected chi connectivity index (χ3v) is 2.44. The van der Waals surface area contributed by atoms with Crippen LogP contribution in [0.4, 0.5) is 5.82 Å². The number of aliphatic hydroxyl groups is 1. The van der Waals surface area contributed by atoms with Crippen molar-refractivity contribution in [2.45, 2.75) is 13.0 Å². The van der Waals surface area contributed by atoms with E-state index in [2.05, 4.69) is 4.98 Å². The summed E-state index contributed by atoms with van der Waals surface area (Å²) >= 11 is 0. The molecule has 1 aromatic rings. The average molecular weight is 195 g/mol. The molecular formula is C10H17N3O. The van der Waals surface area contributed by atoms with E-state index >= 15 is 0 Å². The van der Waals surface area contributed by atoms with E-state index in [1.807, 2.05) is 31.0 Å². The monoisotopic (exact) mass is 195 g/mol. The molecule has 0 saturated heterocycles. The Labute approximate surface area is 84.4 Å². The minimum atomic E-state index is 0.154. The van der Waals surface area contributed by atoms with Crippen LogP contribution in [0.15, 0.2) is 18.3 Å². The summed E-state index contributed by atoms with van der Waals surface area (Å²) in [6, 6.07) is 4.01.